The Morgan fingerprint density at radius 2 is 1.47 bits per heavy atom. The minimum Gasteiger partial charge on any atom is -0.459 e. The van der Waals surface area contributed by atoms with Crippen LogP contribution in [0.1, 0.15) is 122 Å². The van der Waals surface area contributed by atoms with Gasteiger partial charge in [-0.3, -0.25) is 34.8 Å². The smallest absolute Gasteiger partial charge is 0.421 e. The number of aliphatic hydroxyl groups excluding tert-OH is 1. The Labute approximate surface area is 368 Å². The number of methoxy groups -OCH3 is 1. The Hall–Kier alpha value is -2.66. The van der Waals surface area contributed by atoms with E-state index in [2.05, 4.69) is 20.4 Å². The molecule has 0 aromatic rings. The predicted molar refractivity (Wildman–Crippen MR) is 229 cm³/mol. The second kappa shape index (κ2) is 19.8. The molecule has 62 heavy (non-hydrogen) atoms. The van der Waals surface area contributed by atoms with Gasteiger partial charge in [0.2, 0.25) is 11.8 Å². The van der Waals surface area contributed by atoms with Crippen LogP contribution in [0.2, 0.25) is 0 Å². The van der Waals surface area contributed by atoms with E-state index in [1.807, 2.05) is 4.90 Å². The molecule has 0 bridgehead atoms. The average molecular weight is 867 g/mol. The summed E-state index contributed by atoms with van der Waals surface area (Å²) >= 11 is 0. The number of fused-ring (bicyclic) bond motifs is 2. The number of piperazine rings is 1. The third-order valence-electron chi connectivity index (χ3n) is 16.7. The summed E-state index contributed by atoms with van der Waals surface area (Å²) in [5.41, 5.74) is -0.0154. The van der Waals surface area contributed by atoms with E-state index in [0.29, 0.717) is 44.7 Å². The minimum absolute atomic E-state index is 0.0108. The van der Waals surface area contributed by atoms with E-state index >= 15 is 14.4 Å². The predicted octanol–water partition coefficient (Wildman–Crippen LogP) is 4.13. The Morgan fingerprint density at radius 1 is 0.790 bits per heavy atom. The van der Waals surface area contributed by atoms with Gasteiger partial charge in [-0.25, -0.2) is 9.69 Å². The van der Waals surface area contributed by atoms with Gasteiger partial charge in [-0.15, -0.1) is 0 Å². The van der Waals surface area contributed by atoms with Gasteiger partial charge in [0.25, 0.3) is 0 Å². The molecule has 15 heteroatoms. The lowest BCUT2D eigenvalue weighted by Crippen LogP contribution is -2.67. The topological polar surface area (TPSA) is 162 Å². The van der Waals surface area contributed by atoms with Crippen LogP contribution in [0.4, 0.5) is 4.79 Å². The number of cyclic esters (lactones) is 1. The van der Waals surface area contributed by atoms with Crippen molar-refractivity contribution in [2.75, 3.05) is 72.8 Å². The molecule has 15 nitrogen and oxygen atoms in total. The van der Waals surface area contributed by atoms with Gasteiger partial charge < -0.3 is 29.0 Å². The second-order valence-electron chi connectivity index (χ2n) is 19.9. The van der Waals surface area contributed by atoms with Crippen molar-refractivity contribution in [3.8, 4) is 0 Å². The Bertz CT molecular complexity index is 1640. The van der Waals surface area contributed by atoms with Crippen molar-refractivity contribution in [3.63, 3.8) is 0 Å². The largest absolute Gasteiger partial charge is 0.459 e. The molecule has 1 spiro atoms. The van der Waals surface area contributed by atoms with Gasteiger partial charge in [-0.05, 0) is 101 Å². The molecule has 4 saturated heterocycles. The van der Waals surface area contributed by atoms with Crippen molar-refractivity contribution in [3.05, 3.63) is 11.3 Å². The summed E-state index contributed by atoms with van der Waals surface area (Å²) in [6.45, 7) is 4.29. The Balaban J connectivity index is 1.22. The zero-order valence-corrected chi connectivity index (χ0v) is 37.3. The number of rotatable bonds is 11. The van der Waals surface area contributed by atoms with Crippen LogP contribution in [0, 0.1) is 29.1 Å². The number of carbonyl (C=O) groups is 4. The van der Waals surface area contributed by atoms with Gasteiger partial charge >= 0.3 is 12.1 Å². The van der Waals surface area contributed by atoms with Gasteiger partial charge in [0.15, 0.2) is 0 Å². The molecule has 5 heterocycles. The number of aliphatic hydroxyl groups is 1. The van der Waals surface area contributed by atoms with Crippen molar-refractivity contribution in [1.82, 2.24) is 30.2 Å². The lowest BCUT2D eigenvalue weighted by atomic mass is 9.59. The zero-order valence-electron chi connectivity index (χ0n) is 37.3. The van der Waals surface area contributed by atoms with Crippen LogP contribution in [-0.2, 0) is 33.3 Å². The summed E-state index contributed by atoms with van der Waals surface area (Å²) in [7, 11) is 1.55. The molecule has 3 saturated carbocycles. The van der Waals surface area contributed by atoms with Crippen LogP contribution < -0.4 is 10.6 Å². The fraction of sp³-hybridized carbons (Fsp3) is 0.872. The van der Waals surface area contributed by atoms with Crippen molar-refractivity contribution < 1.29 is 43.2 Å². The Morgan fingerprint density at radius 3 is 2.18 bits per heavy atom. The highest BCUT2D eigenvalue weighted by Gasteiger charge is 2.78. The van der Waals surface area contributed by atoms with Crippen LogP contribution in [0.5, 0.6) is 0 Å². The fourth-order valence-corrected chi connectivity index (χ4v) is 14.1. The molecule has 7 fully saturated rings. The van der Waals surface area contributed by atoms with Gasteiger partial charge in [0.1, 0.15) is 30.5 Å². The van der Waals surface area contributed by atoms with E-state index in [1.165, 1.54) is 17.7 Å². The van der Waals surface area contributed by atoms with E-state index in [0.717, 1.165) is 115 Å². The number of morpholine rings is 1. The fourth-order valence-electron chi connectivity index (χ4n) is 14.1. The molecule has 0 aromatic heterocycles. The normalized spacial score (nSPS) is 35.9. The van der Waals surface area contributed by atoms with Crippen LogP contribution in [0.3, 0.4) is 0 Å². The number of amides is 3. The van der Waals surface area contributed by atoms with E-state index in [1.54, 1.807) is 7.11 Å². The number of carbonyl (C=O) groups excluding carboxylic acids is 4. The minimum atomic E-state index is -1.52. The molecule has 8 atom stereocenters. The van der Waals surface area contributed by atoms with E-state index < -0.39 is 41.4 Å². The standard InChI is InChI=1S/C47H74N6O9/c1-59-29-30-61-46(58)52-35-19-10-9-18-34(35)47(44(52)57)37(42(55)50-23-25-51(26-24-50)45-48-21-12-22-49-45)39-43(56)62-40(32-15-6-3-7-16-32)38(31-13-4-2-5-14-31)53(39)41(47)33-17-8-11-20-36(33)60-28-27-54/h31-33,36-41,45,48-49,54H,2-30H2,1H3/t33?,36?,37-,38-,39-,40+,41+,47-/m0/s1. The monoisotopic (exact) mass is 867 g/mol. The summed E-state index contributed by atoms with van der Waals surface area (Å²) in [6.07, 6.45) is 16.5. The molecule has 3 N–H and O–H groups in total. The number of hydrogen-bond acceptors (Lipinski definition) is 13. The summed E-state index contributed by atoms with van der Waals surface area (Å²) in [5, 5.41) is 17.3. The van der Waals surface area contributed by atoms with E-state index in [4.69, 9.17) is 18.9 Å². The highest BCUT2D eigenvalue weighted by Crippen LogP contribution is 2.65. The van der Waals surface area contributed by atoms with Crippen molar-refractivity contribution in [2.24, 2.45) is 29.1 Å². The summed E-state index contributed by atoms with van der Waals surface area (Å²) in [4.78, 5) is 70.5. The first-order valence-electron chi connectivity index (χ1n) is 24.8. The van der Waals surface area contributed by atoms with Crippen molar-refractivity contribution in [1.29, 1.82) is 0 Å². The van der Waals surface area contributed by atoms with Gasteiger partial charge in [-0.1, -0.05) is 51.4 Å². The van der Waals surface area contributed by atoms with E-state index in [9.17, 15) is 9.90 Å². The summed E-state index contributed by atoms with van der Waals surface area (Å²) < 4.78 is 24.6. The first kappa shape index (κ1) is 44.5. The number of esters is 1. The maximum Gasteiger partial charge on any atom is 0.421 e. The van der Waals surface area contributed by atoms with Gasteiger partial charge in [-0.2, -0.15) is 0 Å². The molecule has 0 radical (unpaired) electrons. The first-order chi connectivity index (χ1) is 30.4. The second-order valence-corrected chi connectivity index (χ2v) is 19.9. The molecule has 2 unspecified atom stereocenters. The van der Waals surface area contributed by atoms with Crippen LogP contribution in [-0.4, -0.2) is 158 Å². The third-order valence-corrected chi connectivity index (χ3v) is 16.7. The number of nitrogens with zero attached hydrogens (tertiary/aromatic N) is 4. The van der Waals surface area contributed by atoms with Crippen LogP contribution in [0.25, 0.3) is 0 Å². The third kappa shape index (κ3) is 8.05. The first-order valence-corrected chi connectivity index (χ1v) is 24.8. The van der Waals surface area contributed by atoms with Crippen LogP contribution >= 0.6 is 0 Å². The number of allylic oxidation sites excluding steroid dienone is 1. The molecule has 346 valence electrons. The van der Waals surface area contributed by atoms with Crippen molar-refractivity contribution >= 4 is 23.9 Å². The maximum absolute atomic E-state index is 16.4. The number of ether oxygens (including phenoxy) is 4. The molecule has 3 amide bonds. The summed E-state index contributed by atoms with van der Waals surface area (Å²) in [5.74, 6) is -1.90. The molecule has 4 aliphatic carbocycles. The van der Waals surface area contributed by atoms with E-state index in [-0.39, 0.29) is 74.6 Å². The highest BCUT2D eigenvalue weighted by molar-refractivity contribution is 6.07. The molecular formula is C47H74N6O9. The lowest BCUT2D eigenvalue weighted by Gasteiger charge is -2.54. The Kier molecular flexibility index (Phi) is 14.2. The summed E-state index contributed by atoms with van der Waals surface area (Å²) in [6, 6.07) is -1.77. The maximum atomic E-state index is 16.4. The number of nitrogens with one attached hydrogen (secondary N) is 2. The zero-order chi connectivity index (χ0) is 42.8. The van der Waals surface area contributed by atoms with Crippen molar-refractivity contribution in [2.45, 2.75) is 159 Å². The molecule has 9 aliphatic rings. The van der Waals surface area contributed by atoms with Crippen LogP contribution in [0.15, 0.2) is 11.3 Å². The molecule has 0 aromatic carbocycles. The number of hydrogen-bond donors (Lipinski definition) is 3. The highest BCUT2D eigenvalue weighted by atomic mass is 16.6. The molecule has 5 aliphatic heterocycles. The van der Waals surface area contributed by atoms with Gasteiger partial charge in [0, 0.05) is 50.9 Å². The number of imide groups is 1. The average Bonchev–Trinajstić information content (AvgIpc) is 3.78. The van der Waals surface area contributed by atoms with Gasteiger partial charge in [0.05, 0.1) is 37.9 Å². The SMILES string of the molecule is COCCOC(=O)N1C(=O)[C@@]2(C3=C1CCCC3)[C@H](C(=O)N1CCN(C3NCCCN3)CC1)[C@H]1C(=O)O[C@H](C3CCCCC3)[C@H](C3CCCCC3)N1[C@@H]2C1CCCCC1OCCO. The molecule has 9 rings (SSSR count). The molecular weight excluding hydrogens is 793 g/mol. The lowest BCUT2D eigenvalue weighted by molar-refractivity contribution is -0.193. The quantitative estimate of drug-likeness (QED) is 0.201.